The Hall–Kier alpha value is -1.38. The van der Waals surface area contributed by atoms with E-state index in [0.29, 0.717) is 24.7 Å². The first-order valence-corrected chi connectivity index (χ1v) is 12.1. The summed E-state index contributed by atoms with van der Waals surface area (Å²) in [7, 11) is -3.55. The third kappa shape index (κ3) is 5.83. The van der Waals surface area contributed by atoms with Crippen molar-refractivity contribution in [3.8, 4) is 0 Å². The highest BCUT2D eigenvalue weighted by molar-refractivity contribution is 7.99. The summed E-state index contributed by atoms with van der Waals surface area (Å²) in [5, 5.41) is 0. The van der Waals surface area contributed by atoms with Gasteiger partial charge in [0.2, 0.25) is 10.0 Å². The number of sulfonamides is 1. The van der Waals surface area contributed by atoms with E-state index in [1.165, 1.54) is 11.1 Å². The molecule has 0 atom stereocenters. The third-order valence-corrected chi connectivity index (χ3v) is 7.82. The SMILES string of the molecule is Cc1ccc(Sc2ccc(S(=O)(=O)NCC(C)(C)N3CCOCC3)cc2)cc1C. The summed E-state index contributed by atoms with van der Waals surface area (Å²) in [6.07, 6.45) is 0. The standard InChI is InChI=1S/C22H30N2O3S2/c1-17-5-6-20(15-18(17)2)28-19-7-9-21(10-8-19)29(25,26)23-16-22(3,4)24-11-13-27-14-12-24/h5-10,15,23H,11-14,16H2,1-4H3. The zero-order valence-electron chi connectivity index (χ0n) is 17.6. The zero-order chi connectivity index (χ0) is 21.1. The van der Waals surface area contributed by atoms with Gasteiger partial charge in [-0.1, -0.05) is 17.8 Å². The molecule has 1 aliphatic rings. The van der Waals surface area contributed by atoms with Gasteiger partial charge >= 0.3 is 0 Å². The first kappa shape index (κ1) is 22.3. The minimum Gasteiger partial charge on any atom is -0.379 e. The van der Waals surface area contributed by atoms with Crippen LogP contribution in [0.3, 0.4) is 0 Å². The highest BCUT2D eigenvalue weighted by Gasteiger charge is 2.30. The molecule has 0 bridgehead atoms. The fraction of sp³-hybridized carbons (Fsp3) is 0.455. The number of rotatable bonds is 7. The number of hydrogen-bond acceptors (Lipinski definition) is 5. The summed E-state index contributed by atoms with van der Waals surface area (Å²) in [6.45, 7) is 11.7. The minimum absolute atomic E-state index is 0.268. The Balaban J connectivity index is 1.63. The van der Waals surface area contributed by atoms with Crippen LogP contribution < -0.4 is 4.72 Å². The number of morpholine rings is 1. The van der Waals surface area contributed by atoms with E-state index in [1.54, 1.807) is 23.9 Å². The van der Waals surface area contributed by atoms with E-state index in [2.05, 4.69) is 55.5 Å². The Kier molecular flexibility index (Phi) is 7.06. The number of nitrogens with one attached hydrogen (secondary N) is 1. The fourth-order valence-corrected chi connectivity index (χ4v) is 5.36. The molecule has 0 aromatic heterocycles. The lowest BCUT2D eigenvalue weighted by Crippen LogP contribution is -2.55. The largest absolute Gasteiger partial charge is 0.379 e. The van der Waals surface area contributed by atoms with Crippen molar-refractivity contribution in [2.45, 2.75) is 47.9 Å². The van der Waals surface area contributed by atoms with Gasteiger partial charge in [-0.2, -0.15) is 0 Å². The lowest BCUT2D eigenvalue weighted by Gasteiger charge is -2.40. The Bertz CT molecular complexity index is 935. The second-order valence-electron chi connectivity index (χ2n) is 8.06. The van der Waals surface area contributed by atoms with Crippen molar-refractivity contribution in [2.24, 2.45) is 0 Å². The average Bonchev–Trinajstić information content (AvgIpc) is 2.71. The van der Waals surface area contributed by atoms with E-state index in [1.807, 2.05) is 12.1 Å². The van der Waals surface area contributed by atoms with Crippen LogP contribution in [0.15, 0.2) is 57.2 Å². The molecule has 29 heavy (non-hydrogen) atoms. The molecule has 0 amide bonds. The molecule has 1 fully saturated rings. The maximum Gasteiger partial charge on any atom is 0.240 e. The highest BCUT2D eigenvalue weighted by Crippen LogP contribution is 2.29. The first-order chi connectivity index (χ1) is 13.7. The van der Waals surface area contributed by atoms with Crippen LogP contribution >= 0.6 is 11.8 Å². The Morgan fingerprint density at radius 1 is 1.00 bits per heavy atom. The molecule has 1 heterocycles. The van der Waals surface area contributed by atoms with Gasteiger partial charge in [0.25, 0.3) is 0 Å². The smallest absolute Gasteiger partial charge is 0.240 e. The van der Waals surface area contributed by atoms with Gasteiger partial charge in [0, 0.05) is 35.0 Å². The van der Waals surface area contributed by atoms with Crippen LogP contribution in [0.25, 0.3) is 0 Å². The van der Waals surface area contributed by atoms with E-state index >= 15 is 0 Å². The van der Waals surface area contributed by atoms with Crippen LogP contribution in [-0.4, -0.2) is 51.7 Å². The highest BCUT2D eigenvalue weighted by atomic mass is 32.2. The van der Waals surface area contributed by atoms with E-state index in [4.69, 9.17) is 4.74 Å². The van der Waals surface area contributed by atoms with Crippen LogP contribution in [-0.2, 0) is 14.8 Å². The maximum absolute atomic E-state index is 12.8. The van der Waals surface area contributed by atoms with Gasteiger partial charge in [-0.15, -0.1) is 0 Å². The maximum atomic E-state index is 12.8. The topological polar surface area (TPSA) is 58.6 Å². The molecular weight excluding hydrogens is 404 g/mol. The van der Waals surface area contributed by atoms with Crippen LogP contribution in [0.1, 0.15) is 25.0 Å². The summed E-state index contributed by atoms with van der Waals surface area (Å²) in [5.41, 5.74) is 2.25. The lowest BCUT2D eigenvalue weighted by atomic mass is 10.0. The molecule has 1 N–H and O–H groups in total. The normalized spacial score (nSPS) is 16.1. The van der Waals surface area contributed by atoms with Crippen molar-refractivity contribution in [3.05, 3.63) is 53.6 Å². The fourth-order valence-electron chi connectivity index (χ4n) is 3.24. The van der Waals surface area contributed by atoms with Crippen molar-refractivity contribution in [3.63, 3.8) is 0 Å². The van der Waals surface area contributed by atoms with Crippen molar-refractivity contribution in [1.82, 2.24) is 9.62 Å². The van der Waals surface area contributed by atoms with Crippen molar-refractivity contribution in [1.29, 1.82) is 0 Å². The van der Waals surface area contributed by atoms with Gasteiger partial charge in [0.15, 0.2) is 0 Å². The Morgan fingerprint density at radius 2 is 1.62 bits per heavy atom. The first-order valence-electron chi connectivity index (χ1n) is 9.85. The third-order valence-electron chi connectivity index (χ3n) is 5.41. The van der Waals surface area contributed by atoms with Gasteiger partial charge in [-0.25, -0.2) is 13.1 Å². The Labute approximate surface area is 178 Å². The number of hydrogen-bond donors (Lipinski definition) is 1. The summed E-state index contributed by atoms with van der Waals surface area (Å²) in [6, 6.07) is 13.4. The van der Waals surface area contributed by atoms with Gasteiger partial charge < -0.3 is 4.74 Å². The average molecular weight is 435 g/mol. The summed E-state index contributed by atoms with van der Waals surface area (Å²) >= 11 is 1.63. The van der Waals surface area contributed by atoms with Crippen LogP contribution in [0.4, 0.5) is 0 Å². The molecule has 2 aromatic rings. The van der Waals surface area contributed by atoms with E-state index in [-0.39, 0.29) is 5.54 Å². The van der Waals surface area contributed by atoms with Crippen LogP contribution in [0.5, 0.6) is 0 Å². The van der Waals surface area contributed by atoms with Crippen molar-refractivity contribution < 1.29 is 13.2 Å². The van der Waals surface area contributed by atoms with E-state index in [9.17, 15) is 8.42 Å². The monoisotopic (exact) mass is 434 g/mol. The molecule has 5 nitrogen and oxygen atoms in total. The molecule has 7 heteroatoms. The van der Waals surface area contributed by atoms with E-state index in [0.717, 1.165) is 22.9 Å². The van der Waals surface area contributed by atoms with Crippen LogP contribution in [0.2, 0.25) is 0 Å². The molecule has 158 valence electrons. The quantitative estimate of drug-likeness (QED) is 0.717. The second kappa shape index (κ2) is 9.18. The molecule has 0 saturated carbocycles. The summed E-state index contributed by atoms with van der Waals surface area (Å²) in [5.74, 6) is 0. The minimum atomic E-state index is -3.55. The van der Waals surface area contributed by atoms with Crippen LogP contribution in [0, 0.1) is 13.8 Å². The predicted octanol–water partition coefficient (Wildman–Crippen LogP) is 3.84. The summed E-state index contributed by atoms with van der Waals surface area (Å²) in [4.78, 5) is 4.72. The molecule has 1 aliphatic heterocycles. The predicted molar refractivity (Wildman–Crippen MR) is 118 cm³/mol. The Morgan fingerprint density at radius 3 is 2.24 bits per heavy atom. The van der Waals surface area contributed by atoms with Gasteiger partial charge in [-0.3, -0.25) is 4.90 Å². The molecule has 1 saturated heterocycles. The molecule has 0 spiro atoms. The number of aryl methyl sites for hydroxylation is 2. The van der Waals surface area contributed by atoms with Gasteiger partial charge in [-0.05, 0) is 75.2 Å². The molecule has 0 aliphatic carbocycles. The number of nitrogens with zero attached hydrogens (tertiary/aromatic N) is 1. The number of ether oxygens (including phenoxy) is 1. The van der Waals surface area contributed by atoms with Gasteiger partial charge in [0.05, 0.1) is 18.1 Å². The molecule has 0 radical (unpaired) electrons. The lowest BCUT2D eigenvalue weighted by molar-refractivity contribution is -0.00803. The molecule has 0 unspecified atom stereocenters. The molecule has 3 rings (SSSR count). The van der Waals surface area contributed by atoms with Crippen molar-refractivity contribution in [2.75, 3.05) is 32.8 Å². The molecule has 2 aromatic carbocycles. The second-order valence-corrected chi connectivity index (χ2v) is 11.0. The van der Waals surface area contributed by atoms with Gasteiger partial charge in [0.1, 0.15) is 0 Å². The van der Waals surface area contributed by atoms with Crippen molar-refractivity contribution >= 4 is 21.8 Å². The zero-order valence-corrected chi connectivity index (χ0v) is 19.2. The number of benzene rings is 2. The van der Waals surface area contributed by atoms with E-state index < -0.39 is 10.0 Å². The molecular formula is C22H30N2O3S2. The summed E-state index contributed by atoms with van der Waals surface area (Å²) < 4.78 is 33.7.